The van der Waals surface area contributed by atoms with Gasteiger partial charge >= 0.3 is 0 Å². The van der Waals surface area contributed by atoms with Crippen LogP contribution in [0.5, 0.6) is 0 Å². The quantitative estimate of drug-likeness (QED) is 0.400. The molecule has 0 spiro atoms. The predicted molar refractivity (Wildman–Crippen MR) is 97.9 cm³/mol. The van der Waals surface area contributed by atoms with Crippen LogP contribution in [0, 0.1) is 0 Å². The molecule has 2 heteroatoms. The summed E-state index contributed by atoms with van der Waals surface area (Å²) in [5.41, 5.74) is 4.59. The third-order valence-corrected chi connectivity index (χ3v) is 5.79. The Morgan fingerprint density at radius 2 is 1.52 bits per heavy atom. The van der Waals surface area contributed by atoms with Gasteiger partial charge in [0, 0.05) is 6.23 Å². The highest BCUT2D eigenvalue weighted by Crippen LogP contribution is 2.25. The summed E-state index contributed by atoms with van der Waals surface area (Å²) in [7, 11) is -0.386. The molecule has 0 heterocycles. The van der Waals surface area contributed by atoms with Crippen molar-refractivity contribution >= 4 is 14.7 Å². The summed E-state index contributed by atoms with van der Waals surface area (Å²) in [5.74, 6) is 1.76. The van der Waals surface area contributed by atoms with E-state index in [-0.39, 0.29) is 9.52 Å². The standard InChI is InChI=1S/C19H32OSi/c1-8-9-20-12-21-19-17(14(4)5)10-16(13(2)3)11-18(19)15(6)7/h8,10-11,13-15H,1,9,12,21H2,2-7H3. The number of hydrogen-bond acceptors (Lipinski definition) is 1. The summed E-state index contributed by atoms with van der Waals surface area (Å²) in [6.45, 7) is 18.2. The van der Waals surface area contributed by atoms with Crippen molar-refractivity contribution in [1.82, 2.24) is 0 Å². The van der Waals surface area contributed by atoms with Crippen LogP contribution in [0.2, 0.25) is 0 Å². The molecule has 0 aliphatic rings. The predicted octanol–water partition coefficient (Wildman–Crippen LogP) is 4.01. The summed E-state index contributed by atoms with van der Waals surface area (Å²) in [5, 5.41) is 1.63. The van der Waals surface area contributed by atoms with Gasteiger partial charge in [0.15, 0.2) is 0 Å². The summed E-state index contributed by atoms with van der Waals surface area (Å²) in [6.07, 6.45) is 2.75. The molecular formula is C19H32OSi. The van der Waals surface area contributed by atoms with Gasteiger partial charge in [0.2, 0.25) is 0 Å². The fraction of sp³-hybridized carbons (Fsp3) is 0.579. The van der Waals surface area contributed by atoms with E-state index in [4.69, 9.17) is 4.74 Å². The SMILES string of the molecule is C=CCOC[SiH2]c1c(C(C)C)cc(C(C)C)cc1C(C)C. The van der Waals surface area contributed by atoms with Crippen LogP contribution in [0.1, 0.15) is 76.0 Å². The molecule has 1 nitrogen and oxygen atoms in total. The normalized spacial score (nSPS) is 12.2. The fourth-order valence-corrected chi connectivity index (χ4v) is 4.85. The van der Waals surface area contributed by atoms with Gasteiger partial charge in [0.05, 0.1) is 16.1 Å². The smallest absolute Gasteiger partial charge is 0.0856 e. The average Bonchev–Trinajstić information content (AvgIpc) is 2.42. The molecule has 0 aliphatic heterocycles. The van der Waals surface area contributed by atoms with E-state index in [1.165, 1.54) is 5.56 Å². The Morgan fingerprint density at radius 1 is 1.00 bits per heavy atom. The second kappa shape index (κ2) is 8.55. The molecule has 0 amide bonds. The Kier molecular flexibility index (Phi) is 7.40. The van der Waals surface area contributed by atoms with E-state index in [0.29, 0.717) is 24.4 Å². The number of hydrogen-bond donors (Lipinski definition) is 0. The highest BCUT2D eigenvalue weighted by atomic mass is 28.2. The zero-order chi connectivity index (χ0) is 16.0. The van der Waals surface area contributed by atoms with Gasteiger partial charge in [-0.1, -0.05) is 64.9 Å². The minimum atomic E-state index is -0.386. The molecule has 0 unspecified atom stereocenters. The maximum absolute atomic E-state index is 5.68. The summed E-state index contributed by atoms with van der Waals surface area (Å²) >= 11 is 0. The summed E-state index contributed by atoms with van der Waals surface area (Å²) in [4.78, 5) is 0. The van der Waals surface area contributed by atoms with E-state index in [1.54, 1.807) is 16.3 Å². The maximum Gasteiger partial charge on any atom is 0.0856 e. The monoisotopic (exact) mass is 304 g/mol. The minimum absolute atomic E-state index is 0.386. The Labute approximate surface area is 133 Å². The molecule has 118 valence electrons. The molecule has 21 heavy (non-hydrogen) atoms. The van der Waals surface area contributed by atoms with Crippen LogP contribution in [0.4, 0.5) is 0 Å². The van der Waals surface area contributed by atoms with Crippen molar-refractivity contribution in [1.29, 1.82) is 0 Å². The first-order valence-corrected chi connectivity index (χ1v) is 9.94. The Bertz CT molecular complexity index is 432. The Morgan fingerprint density at radius 3 is 1.90 bits per heavy atom. The lowest BCUT2D eigenvalue weighted by Crippen LogP contribution is -2.29. The molecule has 1 aromatic rings. The second-order valence-corrected chi connectivity index (χ2v) is 8.37. The van der Waals surface area contributed by atoms with Crippen LogP contribution in [0.25, 0.3) is 0 Å². The molecule has 0 aliphatic carbocycles. The topological polar surface area (TPSA) is 9.23 Å². The maximum atomic E-state index is 5.68. The lowest BCUT2D eigenvalue weighted by atomic mass is 9.89. The van der Waals surface area contributed by atoms with Crippen LogP contribution in [-0.4, -0.2) is 22.4 Å². The van der Waals surface area contributed by atoms with E-state index < -0.39 is 0 Å². The first-order chi connectivity index (χ1) is 9.88. The van der Waals surface area contributed by atoms with Crippen molar-refractivity contribution in [2.75, 3.05) is 12.8 Å². The van der Waals surface area contributed by atoms with Crippen molar-refractivity contribution < 1.29 is 4.74 Å². The second-order valence-electron chi connectivity index (χ2n) is 6.76. The van der Waals surface area contributed by atoms with Crippen LogP contribution < -0.4 is 5.19 Å². The van der Waals surface area contributed by atoms with Crippen LogP contribution in [0.15, 0.2) is 24.8 Å². The minimum Gasteiger partial charge on any atom is -0.381 e. The third-order valence-electron chi connectivity index (χ3n) is 3.98. The van der Waals surface area contributed by atoms with Crippen LogP contribution in [0.3, 0.4) is 0 Å². The number of benzene rings is 1. The van der Waals surface area contributed by atoms with Crippen molar-refractivity contribution in [3.63, 3.8) is 0 Å². The molecule has 0 saturated heterocycles. The van der Waals surface area contributed by atoms with Gasteiger partial charge in [-0.3, -0.25) is 0 Å². The van der Waals surface area contributed by atoms with Crippen molar-refractivity contribution in [2.24, 2.45) is 0 Å². The molecule has 0 atom stereocenters. The lowest BCUT2D eigenvalue weighted by molar-refractivity contribution is 0.211. The van der Waals surface area contributed by atoms with Gasteiger partial charge < -0.3 is 4.74 Å². The number of rotatable bonds is 8. The third kappa shape index (κ3) is 5.12. The molecule has 1 aromatic carbocycles. The zero-order valence-corrected chi connectivity index (χ0v) is 16.1. The van der Waals surface area contributed by atoms with Gasteiger partial charge in [0.25, 0.3) is 0 Å². The first kappa shape index (κ1) is 18.2. The fourth-order valence-electron chi connectivity index (χ4n) is 2.73. The van der Waals surface area contributed by atoms with Gasteiger partial charge in [0.1, 0.15) is 0 Å². The molecular weight excluding hydrogens is 272 g/mol. The van der Waals surface area contributed by atoms with E-state index >= 15 is 0 Å². The molecule has 0 N–H and O–H groups in total. The van der Waals surface area contributed by atoms with Gasteiger partial charge in [-0.05, 0) is 34.4 Å². The molecule has 0 aromatic heterocycles. The molecule has 0 saturated carbocycles. The van der Waals surface area contributed by atoms with E-state index in [9.17, 15) is 0 Å². The average molecular weight is 305 g/mol. The van der Waals surface area contributed by atoms with Gasteiger partial charge in [-0.15, -0.1) is 6.58 Å². The first-order valence-electron chi connectivity index (χ1n) is 8.23. The molecule has 0 fully saturated rings. The molecule has 0 radical (unpaired) electrons. The number of ether oxygens (including phenoxy) is 1. The lowest BCUT2D eigenvalue weighted by Gasteiger charge is -2.23. The summed E-state index contributed by atoms with van der Waals surface area (Å²) in [6, 6.07) is 4.88. The van der Waals surface area contributed by atoms with Gasteiger partial charge in [-0.25, -0.2) is 0 Å². The van der Waals surface area contributed by atoms with E-state index in [1.807, 2.05) is 6.08 Å². The molecule has 1 rings (SSSR count). The molecule has 0 bridgehead atoms. The highest BCUT2D eigenvalue weighted by molar-refractivity contribution is 6.54. The zero-order valence-electron chi connectivity index (χ0n) is 14.7. The van der Waals surface area contributed by atoms with Crippen molar-refractivity contribution in [2.45, 2.75) is 59.3 Å². The summed E-state index contributed by atoms with van der Waals surface area (Å²) < 4.78 is 5.68. The van der Waals surface area contributed by atoms with Crippen molar-refractivity contribution in [3.05, 3.63) is 41.5 Å². The van der Waals surface area contributed by atoms with Crippen LogP contribution >= 0.6 is 0 Å². The van der Waals surface area contributed by atoms with Crippen molar-refractivity contribution in [3.8, 4) is 0 Å². The van der Waals surface area contributed by atoms with Crippen LogP contribution in [-0.2, 0) is 4.74 Å². The Balaban J connectivity index is 3.19. The Hall–Kier alpha value is -0.863. The van der Waals surface area contributed by atoms with E-state index in [2.05, 4.69) is 60.3 Å². The van der Waals surface area contributed by atoms with Gasteiger partial charge in [-0.2, -0.15) is 0 Å². The van der Waals surface area contributed by atoms with E-state index in [0.717, 1.165) is 6.23 Å². The highest BCUT2D eigenvalue weighted by Gasteiger charge is 2.16. The largest absolute Gasteiger partial charge is 0.381 e.